The molecule has 0 heterocycles. The van der Waals surface area contributed by atoms with Gasteiger partial charge in [0.25, 0.3) is 0 Å². The molecule has 0 amide bonds. The van der Waals surface area contributed by atoms with Gasteiger partial charge in [0, 0.05) is 11.4 Å². The van der Waals surface area contributed by atoms with Crippen LogP contribution in [0.5, 0.6) is 0 Å². The molecule has 0 fully saturated rings. The summed E-state index contributed by atoms with van der Waals surface area (Å²) in [5.74, 6) is 0. The maximum Gasteiger partial charge on any atom is 0.0701 e. The van der Waals surface area contributed by atoms with E-state index in [0.717, 1.165) is 22.5 Å². The zero-order valence-corrected chi connectivity index (χ0v) is 18.4. The molecule has 0 spiro atoms. The van der Waals surface area contributed by atoms with Gasteiger partial charge in [-0.1, -0.05) is 109 Å². The lowest BCUT2D eigenvalue weighted by molar-refractivity contribution is 0.745. The highest BCUT2D eigenvalue weighted by molar-refractivity contribution is 5.67. The summed E-state index contributed by atoms with van der Waals surface area (Å²) in [6.07, 6.45) is 0. The second kappa shape index (κ2) is 8.68. The molecule has 0 bridgehead atoms. The van der Waals surface area contributed by atoms with Crippen molar-refractivity contribution in [1.29, 1.82) is 0 Å². The van der Waals surface area contributed by atoms with Gasteiger partial charge in [0.05, 0.1) is 5.41 Å². The Hall–Kier alpha value is -4.30. The molecule has 5 aromatic rings. The van der Waals surface area contributed by atoms with Crippen molar-refractivity contribution in [2.75, 3.05) is 11.5 Å². The van der Waals surface area contributed by atoms with Crippen molar-refractivity contribution in [3.63, 3.8) is 0 Å². The zero-order valence-electron chi connectivity index (χ0n) is 18.4. The van der Waals surface area contributed by atoms with Crippen LogP contribution in [0.1, 0.15) is 22.3 Å². The van der Waals surface area contributed by atoms with Crippen molar-refractivity contribution in [3.05, 3.63) is 156 Å². The number of nitrogen functional groups attached to an aromatic ring is 2. The first-order valence-corrected chi connectivity index (χ1v) is 11.1. The van der Waals surface area contributed by atoms with Crippen LogP contribution in [-0.4, -0.2) is 0 Å². The minimum Gasteiger partial charge on any atom is -0.399 e. The number of rotatable bonds is 5. The van der Waals surface area contributed by atoms with Gasteiger partial charge in [0.15, 0.2) is 0 Å². The number of hydrogen-bond acceptors (Lipinski definition) is 2. The summed E-state index contributed by atoms with van der Waals surface area (Å²) in [7, 11) is 0. The molecule has 0 aliphatic rings. The van der Waals surface area contributed by atoms with Crippen molar-refractivity contribution < 1.29 is 0 Å². The fraction of sp³-hybridized carbons (Fsp3) is 0.0323. The largest absolute Gasteiger partial charge is 0.399 e. The summed E-state index contributed by atoms with van der Waals surface area (Å²) in [4.78, 5) is 0. The highest BCUT2D eigenvalue weighted by Gasteiger charge is 2.38. The summed E-state index contributed by atoms with van der Waals surface area (Å²) in [6.45, 7) is 0. The summed E-state index contributed by atoms with van der Waals surface area (Å²) in [5, 5.41) is 0. The lowest BCUT2D eigenvalue weighted by atomic mass is 9.65. The normalized spacial score (nSPS) is 11.3. The van der Waals surface area contributed by atoms with E-state index in [1.165, 1.54) is 22.3 Å². The number of anilines is 2. The smallest absolute Gasteiger partial charge is 0.0701 e. The molecule has 0 aliphatic heterocycles. The standard InChI is InChI=1S/C31H26N2/c32-29-19-15-27(16-20-29)31(25-9-5-2-6-10-25,28-17-21-30(33)22-18-28)26-13-11-24(12-14-26)23-7-3-1-4-8-23/h1-22H,32-33H2. The van der Waals surface area contributed by atoms with Crippen LogP contribution in [0.3, 0.4) is 0 Å². The van der Waals surface area contributed by atoms with Gasteiger partial charge in [-0.3, -0.25) is 0 Å². The van der Waals surface area contributed by atoms with Gasteiger partial charge < -0.3 is 11.5 Å². The summed E-state index contributed by atoms with van der Waals surface area (Å²) < 4.78 is 0. The van der Waals surface area contributed by atoms with Crippen LogP contribution in [0.15, 0.2) is 133 Å². The summed E-state index contributed by atoms with van der Waals surface area (Å²) in [6, 6.07) is 46.4. The molecule has 0 saturated carbocycles. The van der Waals surface area contributed by atoms with Crippen LogP contribution in [0, 0.1) is 0 Å². The van der Waals surface area contributed by atoms with E-state index in [-0.39, 0.29) is 0 Å². The van der Waals surface area contributed by atoms with Gasteiger partial charge in [-0.15, -0.1) is 0 Å². The van der Waals surface area contributed by atoms with E-state index in [1.54, 1.807) is 0 Å². The van der Waals surface area contributed by atoms with Gasteiger partial charge in [0.1, 0.15) is 0 Å². The Kier molecular flexibility index (Phi) is 5.42. The second-order valence-electron chi connectivity index (χ2n) is 8.30. The average Bonchev–Trinajstić information content (AvgIpc) is 2.88. The Labute approximate surface area is 195 Å². The fourth-order valence-electron chi connectivity index (χ4n) is 4.70. The van der Waals surface area contributed by atoms with E-state index in [9.17, 15) is 0 Å². The Balaban J connectivity index is 1.79. The molecule has 0 aromatic heterocycles. The molecule has 0 saturated heterocycles. The lowest BCUT2D eigenvalue weighted by Crippen LogP contribution is -2.31. The Bertz CT molecular complexity index is 1280. The first kappa shape index (κ1) is 20.6. The van der Waals surface area contributed by atoms with Crippen LogP contribution in [-0.2, 0) is 5.41 Å². The average molecular weight is 427 g/mol. The number of nitrogens with two attached hydrogens (primary N) is 2. The summed E-state index contributed by atoms with van der Waals surface area (Å²) >= 11 is 0. The van der Waals surface area contributed by atoms with E-state index in [1.807, 2.05) is 30.3 Å². The molecule has 2 nitrogen and oxygen atoms in total. The highest BCUT2D eigenvalue weighted by Crippen LogP contribution is 2.45. The molecular weight excluding hydrogens is 400 g/mol. The molecule has 33 heavy (non-hydrogen) atoms. The maximum absolute atomic E-state index is 6.07. The third kappa shape index (κ3) is 3.77. The monoisotopic (exact) mass is 426 g/mol. The zero-order chi connectivity index (χ0) is 22.7. The van der Waals surface area contributed by atoms with E-state index >= 15 is 0 Å². The van der Waals surface area contributed by atoms with Crippen LogP contribution < -0.4 is 11.5 Å². The van der Waals surface area contributed by atoms with Gasteiger partial charge in [-0.05, 0) is 57.6 Å². The van der Waals surface area contributed by atoms with Crippen molar-refractivity contribution in [3.8, 4) is 11.1 Å². The third-order valence-electron chi connectivity index (χ3n) is 6.32. The van der Waals surface area contributed by atoms with Gasteiger partial charge >= 0.3 is 0 Å². The van der Waals surface area contributed by atoms with Crippen LogP contribution in [0.4, 0.5) is 11.4 Å². The first-order chi connectivity index (χ1) is 16.2. The van der Waals surface area contributed by atoms with E-state index in [0.29, 0.717) is 0 Å². The Morgan fingerprint density at radius 1 is 0.333 bits per heavy atom. The summed E-state index contributed by atoms with van der Waals surface area (Å²) in [5.41, 5.74) is 20.2. The van der Waals surface area contributed by atoms with Gasteiger partial charge in [0.2, 0.25) is 0 Å². The maximum atomic E-state index is 6.07. The molecule has 2 heteroatoms. The molecule has 0 aliphatic carbocycles. The van der Waals surface area contributed by atoms with E-state index in [4.69, 9.17) is 11.5 Å². The van der Waals surface area contributed by atoms with Gasteiger partial charge in [-0.25, -0.2) is 0 Å². The van der Waals surface area contributed by atoms with Crippen LogP contribution in [0.25, 0.3) is 11.1 Å². The Morgan fingerprint density at radius 3 is 1.12 bits per heavy atom. The molecule has 160 valence electrons. The highest BCUT2D eigenvalue weighted by atomic mass is 14.5. The molecule has 0 atom stereocenters. The van der Waals surface area contributed by atoms with Crippen LogP contribution >= 0.6 is 0 Å². The van der Waals surface area contributed by atoms with Gasteiger partial charge in [-0.2, -0.15) is 0 Å². The van der Waals surface area contributed by atoms with Crippen molar-refractivity contribution in [2.45, 2.75) is 5.41 Å². The topological polar surface area (TPSA) is 52.0 Å². The number of hydrogen-bond donors (Lipinski definition) is 2. The van der Waals surface area contributed by atoms with Crippen molar-refractivity contribution in [2.24, 2.45) is 0 Å². The molecule has 0 radical (unpaired) electrons. The SMILES string of the molecule is Nc1ccc(C(c2ccccc2)(c2ccc(N)cc2)c2ccc(-c3ccccc3)cc2)cc1. The Morgan fingerprint density at radius 2 is 0.667 bits per heavy atom. The minimum absolute atomic E-state index is 0.516. The minimum atomic E-state index is -0.516. The van der Waals surface area contributed by atoms with E-state index < -0.39 is 5.41 Å². The quantitative estimate of drug-likeness (QED) is 0.237. The first-order valence-electron chi connectivity index (χ1n) is 11.1. The predicted octanol–water partition coefficient (Wildman–Crippen LogP) is 6.90. The van der Waals surface area contributed by atoms with Crippen molar-refractivity contribution >= 4 is 11.4 Å². The second-order valence-corrected chi connectivity index (χ2v) is 8.30. The molecule has 5 rings (SSSR count). The van der Waals surface area contributed by atoms with Crippen molar-refractivity contribution in [1.82, 2.24) is 0 Å². The molecular formula is C31H26N2. The predicted molar refractivity (Wildman–Crippen MR) is 139 cm³/mol. The van der Waals surface area contributed by atoms with Crippen LogP contribution in [0.2, 0.25) is 0 Å². The fourth-order valence-corrected chi connectivity index (χ4v) is 4.70. The molecule has 4 N–H and O–H groups in total. The lowest BCUT2D eigenvalue weighted by Gasteiger charge is -2.37. The van der Waals surface area contributed by atoms with E-state index in [2.05, 4.69) is 103 Å². The molecule has 5 aromatic carbocycles. The third-order valence-corrected chi connectivity index (χ3v) is 6.32. The number of benzene rings is 5. The molecule has 0 unspecified atom stereocenters.